The largest absolute Gasteiger partial charge is 0.481 e. The number of aromatic nitrogens is 1. The molecular formula is C11H15N3O3. The molecule has 6 nitrogen and oxygen atoms in total. The Bertz CT molecular complexity index is 407. The lowest BCUT2D eigenvalue weighted by Crippen LogP contribution is -2.26. The molecule has 0 aliphatic carbocycles. The Morgan fingerprint density at radius 3 is 2.76 bits per heavy atom. The Balaban J connectivity index is 2.23. The molecule has 1 heterocycles. The molecule has 4 N–H and O–H groups in total. The molecule has 0 saturated carbocycles. The third kappa shape index (κ3) is 5.50. The Morgan fingerprint density at radius 2 is 2.12 bits per heavy atom. The number of carbonyl (C=O) groups is 2. The van der Waals surface area contributed by atoms with Gasteiger partial charge in [0.25, 0.3) is 0 Å². The van der Waals surface area contributed by atoms with Crippen LogP contribution in [0.5, 0.6) is 0 Å². The second-order valence-corrected chi connectivity index (χ2v) is 3.55. The average Bonchev–Trinajstić information content (AvgIpc) is 2.26. The van der Waals surface area contributed by atoms with Gasteiger partial charge in [-0.3, -0.25) is 9.59 Å². The molecule has 1 aromatic rings. The summed E-state index contributed by atoms with van der Waals surface area (Å²) in [6, 6.07) is 5.30. The van der Waals surface area contributed by atoms with Crippen LogP contribution in [0.3, 0.4) is 0 Å². The van der Waals surface area contributed by atoms with Gasteiger partial charge < -0.3 is 16.2 Å². The quantitative estimate of drug-likeness (QED) is 0.654. The highest BCUT2D eigenvalue weighted by Crippen LogP contribution is 2.00. The predicted octanol–water partition coefficient (Wildman–Crippen LogP) is 0.187. The number of amides is 1. The number of nitrogens with two attached hydrogens (primary N) is 1. The van der Waals surface area contributed by atoms with E-state index in [-0.39, 0.29) is 18.7 Å². The molecule has 0 aromatic carbocycles. The zero-order valence-corrected chi connectivity index (χ0v) is 9.35. The number of carboxylic acid groups (broad SMARTS) is 1. The summed E-state index contributed by atoms with van der Waals surface area (Å²) in [4.78, 5) is 25.5. The van der Waals surface area contributed by atoms with Crippen molar-refractivity contribution >= 4 is 17.7 Å². The van der Waals surface area contributed by atoms with E-state index < -0.39 is 5.97 Å². The molecule has 0 aliphatic heterocycles. The molecule has 0 atom stereocenters. The Kier molecular flexibility index (Phi) is 4.93. The highest BCUT2D eigenvalue weighted by atomic mass is 16.4. The highest BCUT2D eigenvalue weighted by molar-refractivity contribution is 5.80. The van der Waals surface area contributed by atoms with Crippen LogP contribution in [-0.2, 0) is 16.0 Å². The molecule has 1 amide bonds. The van der Waals surface area contributed by atoms with Crippen LogP contribution in [-0.4, -0.2) is 28.5 Å². The second kappa shape index (κ2) is 6.47. The lowest BCUT2D eigenvalue weighted by atomic mass is 10.2. The molecule has 0 unspecified atom stereocenters. The first-order valence-electron chi connectivity index (χ1n) is 5.28. The predicted molar refractivity (Wildman–Crippen MR) is 62.2 cm³/mol. The summed E-state index contributed by atoms with van der Waals surface area (Å²) in [5.41, 5.74) is 6.30. The normalized spacial score (nSPS) is 9.88. The van der Waals surface area contributed by atoms with E-state index >= 15 is 0 Å². The molecule has 0 bridgehead atoms. The first-order chi connectivity index (χ1) is 8.08. The summed E-state index contributed by atoms with van der Waals surface area (Å²) in [5.74, 6) is -0.798. The minimum Gasteiger partial charge on any atom is -0.481 e. The van der Waals surface area contributed by atoms with Crippen molar-refractivity contribution < 1.29 is 14.7 Å². The third-order valence-electron chi connectivity index (χ3n) is 2.10. The molecule has 0 fully saturated rings. The van der Waals surface area contributed by atoms with E-state index in [1.54, 1.807) is 12.1 Å². The van der Waals surface area contributed by atoms with Crippen molar-refractivity contribution in [3.8, 4) is 0 Å². The van der Waals surface area contributed by atoms with Gasteiger partial charge in [0.2, 0.25) is 5.91 Å². The number of nitrogens with zero attached hydrogens (tertiary/aromatic N) is 1. The fourth-order valence-electron chi connectivity index (χ4n) is 1.28. The molecule has 0 aliphatic rings. The number of nitrogens with one attached hydrogen (secondary N) is 1. The summed E-state index contributed by atoms with van der Waals surface area (Å²) in [5, 5.41) is 11.0. The van der Waals surface area contributed by atoms with Gasteiger partial charge in [0.15, 0.2) is 0 Å². The van der Waals surface area contributed by atoms with Gasteiger partial charge in [0, 0.05) is 25.1 Å². The van der Waals surface area contributed by atoms with Crippen molar-refractivity contribution in [2.45, 2.75) is 19.3 Å². The van der Waals surface area contributed by atoms with E-state index in [2.05, 4.69) is 10.3 Å². The Labute approximate surface area is 98.8 Å². The maximum atomic E-state index is 11.2. The number of aliphatic carboxylic acids is 1. The van der Waals surface area contributed by atoms with E-state index in [1.807, 2.05) is 6.07 Å². The molecule has 6 heteroatoms. The molecule has 0 spiro atoms. The van der Waals surface area contributed by atoms with Crippen LogP contribution >= 0.6 is 0 Å². The van der Waals surface area contributed by atoms with Crippen LogP contribution in [0.15, 0.2) is 18.2 Å². The third-order valence-corrected chi connectivity index (χ3v) is 2.10. The number of anilines is 1. The van der Waals surface area contributed by atoms with Crippen LogP contribution < -0.4 is 11.1 Å². The van der Waals surface area contributed by atoms with Gasteiger partial charge in [-0.2, -0.15) is 0 Å². The van der Waals surface area contributed by atoms with Gasteiger partial charge in [-0.05, 0) is 12.1 Å². The Hall–Kier alpha value is -2.11. The first-order valence-corrected chi connectivity index (χ1v) is 5.28. The minimum absolute atomic E-state index is 0.000307. The first kappa shape index (κ1) is 13.0. The molecule has 1 aromatic heterocycles. The van der Waals surface area contributed by atoms with Crippen molar-refractivity contribution in [2.24, 2.45) is 0 Å². The van der Waals surface area contributed by atoms with Crippen LogP contribution in [0.1, 0.15) is 18.5 Å². The van der Waals surface area contributed by atoms with E-state index in [4.69, 9.17) is 10.8 Å². The van der Waals surface area contributed by atoms with E-state index in [0.717, 1.165) is 5.69 Å². The smallest absolute Gasteiger partial charge is 0.303 e. The van der Waals surface area contributed by atoms with Crippen LogP contribution in [0.2, 0.25) is 0 Å². The monoisotopic (exact) mass is 237 g/mol. The zero-order chi connectivity index (χ0) is 12.7. The molecule has 1 rings (SSSR count). The van der Waals surface area contributed by atoms with Crippen molar-refractivity contribution in [2.75, 3.05) is 12.3 Å². The lowest BCUT2D eigenvalue weighted by Gasteiger charge is -2.04. The van der Waals surface area contributed by atoms with E-state index in [9.17, 15) is 9.59 Å². The molecule has 0 radical (unpaired) electrons. The van der Waals surface area contributed by atoms with Crippen molar-refractivity contribution in [1.29, 1.82) is 0 Å². The van der Waals surface area contributed by atoms with Gasteiger partial charge in [-0.15, -0.1) is 0 Å². The summed E-state index contributed by atoms with van der Waals surface area (Å²) in [7, 11) is 0. The fourth-order valence-corrected chi connectivity index (χ4v) is 1.28. The minimum atomic E-state index is -0.974. The zero-order valence-electron chi connectivity index (χ0n) is 9.35. The van der Waals surface area contributed by atoms with Crippen molar-refractivity contribution in [1.82, 2.24) is 10.3 Å². The summed E-state index contributed by atoms with van der Waals surface area (Å²) < 4.78 is 0. The molecule has 17 heavy (non-hydrogen) atoms. The standard InChI is InChI=1S/C11H15N3O3/c12-9-3-1-2-8(14-9)6-7-13-10(15)4-5-11(16)17/h1-3H,4-7H2,(H2,12,14)(H,13,15)(H,16,17). The van der Waals surface area contributed by atoms with Gasteiger partial charge in [-0.25, -0.2) is 4.98 Å². The summed E-state index contributed by atoms with van der Waals surface area (Å²) >= 11 is 0. The van der Waals surface area contributed by atoms with Crippen molar-refractivity contribution in [3.05, 3.63) is 23.9 Å². The second-order valence-electron chi connectivity index (χ2n) is 3.55. The number of rotatable bonds is 6. The van der Waals surface area contributed by atoms with Crippen LogP contribution in [0.25, 0.3) is 0 Å². The van der Waals surface area contributed by atoms with E-state index in [1.165, 1.54) is 0 Å². The van der Waals surface area contributed by atoms with Gasteiger partial charge in [-0.1, -0.05) is 6.07 Å². The van der Waals surface area contributed by atoms with Gasteiger partial charge >= 0.3 is 5.97 Å². The number of carbonyl (C=O) groups excluding carboxylic acids is 1. The average molecular weight is 237 g/mol. The Morgan fingerprint density at radius 1 is 1.35 bits per heavy atom. The lowest BCUT2D eigenvalue weighted by molar-refractivity contribution is -0.138. The molecular weight excluding hydrogens is 222 g/mol. The van der Waals surface area contributed by atoms with Crippen LogP contribution in [0.4, 0.5) is 5.82 Å². The number of nitrogen functional groups attached to an aromatic ring is 1. The maximum absolute atomic E-state index is 11.2. The number of pyridine rings is 1. The van der Waals surface area contributed by atoms with Crippen molar-refractivity contribution in [3.63, 3.8) is 0 Å². The number of hydrogen-bond acceptors (Lipinski definition) is 4. The topological polar surface area (TPSA) is 105 Å². The fraction of sp³-hybridized carbons (Fsp3) is 0.364. The van der Waals surface area contributed by atoms with E-state index in [0.29, 0.717) is 18.8 Å². The number of hydrogen-bond donors (Lipinski definition) is 3. The SMILES string of the molecule is Nc1cccc(CCNC(=O)CCC(=O)O)n1. The van der Waals surface area contributed by atoms with Gasteiger partial charge in [0.05, 0.1) is 6.42 Å². The van der Waals surface area contributed by atoms with Gasteiger partial charge in [0.1, 0.15) is 5.82 Å². The molecule has 0 saturated heterocycles. The highest BCUT2D eigenvalue weighted by Gasteiger charge is 2.04. The summed E-state index contributed by atoms with van der Waals surface area (Å²) in [6.45, 7) is 0.426. The maximum Gasteiger partial charge on any atom is 0.303 e. The number of carboxylic acids is 1. The van der Waals surface area contributed by atoms with Crippen LogP contribution in [0, 0.1) is 0 Å². The molecule has 92 valence electrons. The summed E-state index contributed by atoms with van der Waals surface area (Å²) in [6.07, 6.45) is 0.423.